The summed E-state index contributed by atoms with van der Waals surface area (Å²) in [6, 6.07) is 4.34. The fourth-order valence-electron chi connectivity index (χ4n) is 1.01. The van der Waals surface area contributed by atoms with Crippen LogP contribution in [0.4, 0.5) is 0 Å². The third-order valence-corrected chi connectivity index (χ3v) is 17.0. The fourth-order valence-corrected chi connectivity index (χ4v) is 19.1. The van der Waals surface area contributed by atoms with Crippen LogP contribution in [0.3, 0.4) is 0 Å². The van der Waals surface area contributed by atoms with Gasteiger partial charge in [-0.2, -0.15) is 0 Å². The molecule has 0 unspecified atom stereocenters. The third-order valence-electron chi connectivity index (χ3n) is 1.77. The number of pyridine rings is 2. The van der Waals surface area contributed by atoms with Crippen LogP contribution in [0, 0.1) is 0 Å². The first-order valence-corrected chi connectivity index (χ1v) is 17.4. The Balaban J connectivity index is 2.16. The van der Waals surface area contributed by atoms with Crippen molar-refractivity contribution in [3.05, 3.63) is 42.7 Å². The zero-order valence-corrected chi connectivity index (χ0v) is 19.5. The molecule has 0 spiro atoms. The van der Waals surface area contributed by atoms with Crippen molar-refractivity contribution < 1.29 is 0 Å². The van der Waals surface area contributed by atoms with E-state index in [1.807, 2.05) is 12.4 Å². The van der Waals surface area contributed by atoms with Crippen LogP contribution in [0.15, 0.2) is 42.7 Å². The second-order valence-electron chi connectivity index (χ2n) is 3.05. The summed E-state index contributed by atoms with van der Waals surface area (Å²) < 4.78 is 6.79. The molecule has 0 bridgehead atoms. The SMILES string of the molecule is Brc1cnc(Br)c([Te][Te]c2cc(Br)cnc2Br)c1. The molecule has 0 aromatic carbocycles. The summed E-state index contributed by atoms with van der Waals surface area (Å²) in [4.78, 5) is 8.63. The van der Waals surface area contributed by atoms with Crippen LogP contribution in [0.1, 0.15) is 0 Å². The summed E-state index contributed by atoms with van der Waals surface area (Å²) in [6.45, 7) is 0. The molecule has 0 aliphatic heterocycles. The van der Waals surface area contributed by atoms with Crippen molar-refractivity contribution in [1.82, 2.24) is 9.97 Å². The van der Waals surface area contributed by atoms with Crippen LogP contribution < -0.4 is 7.22 Å². The van der Waals surface area contributed by atoms with E-state index in [2.05, 4.69) is 85.8 Å². The number of nitrogens with zero attached hydrogens (tertiary/aromatic N) is 2. The van der Waals surface area contributed by atoms with Crippen molar-refractivity contribution in [2.75, 3.05) is 0 Å². The van der Waals surface area contributed by atoms with E-state index >= 15 is 0 Å². The molecule has 2 heterocycles. The van der Waals surface area contributed by atoms with Gasteiger partial charge in [0.2, 0.25) is 0 Å². The molecule has 2 aromatic heterocycles. The minimum atomic E-state index is -0.212. The Bertz CT molecular complexity index is 528. The molecule has 18 heavy (non-hydrogen) atoms. The zero-order valence-electron chi connectivity index (χ0n) is 8.53. The predicted molar refractivity (Wildman–Crippen MR) is 90.0 cm³/mol. The zero-order chi connectivity index (χ0) is 13.1. The van der Waals surface area contributed by atoms with Crippen molar-refractivity contribution in [2.24, 2.45) is 0 Å². The summed E-state index contributed by atoms with van der Waals surface area (Å²) in [7, 11) is 0. The van der Waals surface area contributed by atoms with Crippen LogP contribution in [0.5, 0.6) is 0 Å². The Morgan fingerprint density at radius 2 is 1.11 bits per heavy atom. The van der Waals surface area contributed by atoms with E-state index in [1.54, 1.807) is 0 Å². The Morgan fingerprint density at radius 1 is 0.722 bits per heavy atom. The first kappa shape index (κ1) is 16.2. The molecule has 2 aromatic rings. The van der Waals surface area contributed by atoms with Gasteiger partial charge in [-0.1, -0.05) is 0 Å². The molecule has 2 nitrogen and oxygen atoms in total. The van der Waals surface area contributed by atoms with E-state index in [-0.39, 0.29) is 34.1 Å². The molecule has 0 saturated heterocycles. The van der Waals surface area contributed by atoms with Crippen LogP contribution in [0.25, 0.3) is 0 Å². The molecular weight excluding hydrogens is 723 g/mol. The van der Waals surface area contributed by atoms with Crippen molar-refractivity contribution in [3.63, 3.8) is 0 Å². The quantitative estimate of drug-likeness (QED) is 0.360. The predicted octanol–water partition coefficient (Wildman–Crippen LogP) is 2.80. The van der Waals surface area contributed by atoms with Gasteiger partial charge in [-0.05, 0) is 0 Å². The summed E-state index contributed by atoms with van der Waals surface area (Å²) in [5.74, 6) is 0. The maximum absolute atomic E-state index is 4.32. The molecule has 0 saturated carbocycles. The van der Waals surface area contributed by atoms with E-state index in [9.17, 15) is 0 Å². The molecule has 0 amide bonds. The summed E-state index contributed by atoms with van der Waals surface area (Å²) in [5, 5.41) is 0. The third kappa shape index (κ3) is 4.67. The average molecular weight is 727 g/mol. The summed E-state index contributed by atoms with van der Waals surface area (Å²) in [6.07, 6.45) is 3.63. The maximum atomic E-state index is 4.32. The number of halogens is 4. The van der Waals surface area contributed by atoms with E-state index in [0.29, 0.717) is 0 Å². The molecule has 8 heteroatoms. The molecule has 2 rings (SSSR count). The van der Waals surface area contributed by atoms with E-state index in [4.69, 9.17) is 0 Å². The Kier molecular flexibility index (Phi) is 6.93. The van der Waals surface area contributed by atoms with E-state index < -0.39 is 0 Å². The molecule has 94 valence electrons. The van der Waals surface area contributed by atoms with Crippen molar-refractivity contribution in [2.45, 2.75) is 0 Å². The van der Waals surface area contributed by atoms with Gasteiger partial charge in [-0.3, -0.25) is 0 Å². The van der Waals surface area contributed by atoms with Gasteiger partial charge in [0.05, 0.1) is 0 Å². The normalized spacial score (nSPS) is 10.7. The van der Waals surface area contributed by atoms with Crippen molar-refractivity contribution in [1.29, 1.82) is 0 Å². The van der Waals surface area contributed by atoms with Gasteiger partial charge in [0.1, 0.15) is 0 Å². The second-order valence-corrected chi connectivity index (χ2v) is 16.2. The molecule has 0 fully saturated rings. The van der Waals surface area contributed by atoms with Crippen LogP contribution >= 0.6 is 63.7 Å². The molecule has 0 atom stereocenters. The summed E-state index contributed by atoms with van der Waals surface area (Å²) >= 11 is 13.6. The number of hydrogen-bond donors (Lipinski definition) is 0. The Labute approximate surface area is 155 Å². The second kappa shape index (κ2) is 7.71. The number of rotatable bonds is 3. The summed E-state index contributed by atoms with van der Waals surface area (Å²) in [5.41, 5.74) is 0. The molecule has 0 N–H and O–H groups in total. The standard InChI is InChI=1S/C10H4Br4N2Te2/c11-5-1-7(9(13)15-3-5)17-18-8-2-6(12)4-16-10(8)14/h1-4H. The Morgan fingerprint density at radius 3 is 1.50 bits per heavy atom. The first-order chi connectivity index (χ1) is 8.56. The monoisotopic (exact) mass is 728 g/mol. The van der Waals surface area contributed by atoms with Gasteiger partial charge in [0.15, 0.2) is 0 Å². The van der Waals surface area contributed by atoms with E-state index in [1.165, 1.54) is 7.22 Å². The molecular formula is C10H4Br4N2Te2. The fraction of sp³-hybridized carbons (Fsp3) is 0. The van der Waals surface area contributed by atoms with Gasteiger partial charge >= 0.3 is 158 Å². The van der Waals surface area contributed by atoms with Gasteiger partial charge in [-0.25, -0.2) is 0 Å². The first-order valence-electron chi connectivity index (χ1n) is 4.53. The Hall–Kier alpha value is 1.80. The van der Waals surface area contributed by atoms with Gasteiger partial charge in [0, 0.05) is 0 Å². The molecule has 0 aliphatic rings. The van der Waals surface area contributed by atoms with Gasteiger partial charge in [-0.15, -0.1) is 0 Å². The topological polar surface area (TPSA) is 25.8 Å². The van der Waals surface area contributed by atoms with Crippen LogP contribution in [-0.4, -0.2) is 44.1 Å². The number of aromatic nitrogens is 2. The molecule has 0 radical (unpaired) electrons. The van der Waals surface area contributed by atoms with Crippen LogP contribution in [0.2, 0.25) is 0 Å². The van der Waals surface area contributed by atoms with Crippen molar-refractivity contribution in [3.8, 4) is 0 Å². The van der Waals surface area contributed by atoms with Crippen molar-refractivity contribution >= 4 is 105 Å². The van der Waals surface area contributed by atoms with Gasteiger partial charge < -0.3 is 0 Å². The molecule has 0 aliphatic carbocycles. The van der Waals surface area contributed by atoms with Gasteiger partial charge in [0.25, 0.3) is 0 Å². The number of hydrogen-bond acceptors (Lipinski definition) is 2. The minimum absolute atomic E-state index is 0.212. The average Bonchev–Trinajstić information content (AvgIpc) is 2.34. The van der Waals surface area contributed by atoms with E-state index in [0.717, 1.165) is 18.2 Å². The van der Waals surface area contributed by atoms with Crippen LogP contribution in [-0.2, 0) is 0 Å².